The number of aryl methyl sites for hydroxylation is 9. The number of rotatable bonds is 38. The SMILES string of the molecule is CCOc1cc(CC)c(Cc2c[nH]cn2)c(CC)c1.CCOc1ccc(CC)c(Cc2c[nH]cn2)c1CC.CCc1cc(OC)cc(CC)c1Cc1c[nH]cn1.CCc1cc(OCc2ccccc2)cc(CC)c1Cc1c[nH]cn1.CCc1ccc(OC)c(CC)c1Cc1c[nH]cn1.CCc1cccc(F)c1Cc1c[nH]cn1.c1ccc(-c2cccc(Cc3c[nH]cn3)c2)cc1.c1ccc(-c2ccccc2Cc2c[nH]cn2)cc1. The number of hydrogen-bond acceptors (Lipinski definition) is 13. The molecule has 0 fully saturated rings. The molecule has 21 nitrogen and oxygen atoms in total. The highest BCUT2D eigenvalue weighted by molar-refractivity contribution is 5.68. The van der Waals surface area contributed by atoms with Gasteiger partial charge in [-0.05, 0) is 273 Å². The molecule has 0 aliphatic rings. The summed E-state index contributed by atoms with van der Waals surface area (Å²) in [6, 6.07) is 75.0. The standard InChI is InChI=1S/C21H24N2O.2C16H22N2O.2C16H14N2.2C15H20N2O.C12H13FN2/c1-3-17-10-20(24-14-16-8-6-5-7-9-16)11-18(4-2)21(17)12-19-13-22-15-23-19;1-4-12-7-15(19-6-3)8-13(5-2)16(12)9-14-10-17-11-18-14;1-4-12-7-8-16(19-6-3)14(5-2)15(12)9-13-10-17-11-18-13;1-2-6-14(7-3-1)15-8-4-5-13(9-15)10-16-11-17-12-18-16;1-2-6-13(7-3-1)16-9-5-4-8-14(16)10-15-11-17-12-18-15;1-4-11-6-14(18-3)7-12(5-2)15(11)8-13-9-16-10-17-13;1-4-11-6-7-15(18-3)13(5-2)14(11)8-12-9-16-10-17-12;1-2-9-4-3-5-12(13)11(9)6-10-7-14-8-15-10/h5-11,13,15H,3-4,12,14H2,1-2H3,(H,22,23);2*7-8,10-11H,4-6,9H2,1-3H3,(H,17,18);2*1-9,11-12H,10H2,(H,17,18);2*6-7,9-10H,4-5,8H2,1-3H3,(H,16,17);3-5,7-8H,2,6H2,1H3,(H,14,15). The first kappa shape index (κ1) is 112. The lowest BCUT2D eigenvalue weighted by molar-refractivity contribution is 0.305. The van der Waals surface area contributed by atoms with Crippen molar-refractivity contribution in [3.63, 3.8) is 0 Å². The Morgan fingerprint density at radius 3 is 0.919 bits per heavy atom. The van der Waals surface area contributed by atoms with Gasteiger partial charge < -0.3 is 63.6 Å². The molecule has 0 radical (unpaired) electrons. The van der Waals surface area contributed by atoms with Crippen LogP contribution in [-0.2, 0) is 129 Å². The maximum absolute atomic E-state index is 13.6. The Morgan fingerprint density at radius 2 is 0.537 bits per heavy atom. The third kappa shape index (κ3) is 33.5. The Balaban J connectivity index is 0.000000151. The molecular weight excluding hydrogens is 1850 g/mol. The number of H-pyrrole nitrogens is 8. The summed E-state index contributed by atoms with van der Waals surface area (Å²) in [6.07, 6.45) is 46.9. The molecular formula is C127H149FN16O5. The van der Waals surface area contributed by atoms with E-state index >= 15 is 0 Å². The summed E-state index contributed by atoms with van der Waals surface area (Å²) in [6.45, 7) is 30.0. The second-order valence-electron chi connectivity index (χ2n) is 35.8. The van der Waals surface area contributed by atoms with Crippen LogP contribution in [0.1, 0.15) is 247 Å². The van der Waals surface area contributed by atoms with Gasteiger partial charge in [-0.3, -0.25) is 0 Å². The highest BCUT2D eigenvalue weighted by Gasteiger charge is 2.20. The van der Waals surface area contributed by atoms with E-state index < -0.39 is 0 Å². The van der Waals surface area contributed by atoms with Crippen molar-refractivity contribution in [1.29, 1.82) is 0 Å². The lowest BCUT2D eigenvalue weighted by atomic mass is 9.93. The molecule has 11 aromatic carbocycles. The van der Waals surface area contributed by atoms with Crippen LogP contribution in [0.2, 0.25) is 0 Å². The van der Waals surface area contributed by atoms with Crippen LogP contribution in [0.15, 0.2) is 319 Å². The van der Waals surface area contributed by atoms with Gasteiger partial charge in [0.2, 0.25) is 0 Å². The van der Waals surface area contributed by atoms with E-state index in [1.807, 2.05) is 101 Å². The first-order chi connectivity index (χ1) is 73.1. The van der Waals surface area contributed by atoms with Crippen LogP contribution in [0.4, 0.5) is 4.39 Å². The minimum atomic E-state index is -0.141. The number of benzene rings is 11. The summed E-state index contributed by atoms with van der Waals surface area (Å²) in [5, 5.41) is 0. The molecule has 19 rings (SSSR count). The fourth-order valence-corrected chi connectivity index (χ4v) is 18.7. The molecule has 8 aromatic heterocycles. The maximum atomic E-state index is 13.6. The van der Waals surface area contributed by atoms with Crippen molar-refractivity contribution in [2.24, 2.45) is 0 Å². The molecule has 8 N–H and O–H groups in total. The van der Waals surface area contributed by atoms with E-state index in [0.29, 0.717) is 26.2 Å². The van der Waals surface area contributed by atoms with Gasteiger partial charge in [0, 0.05) is 101 Å². The minimum absolute atomic E-state index is 0.141. The largest absolute Gasteiger partial charge is 0.497 e. The van der Waals surface area contributed by atoms with Crippen LogP contribution < -0.4 is 23.7 Å². The van der Waals surface area contributed by atoms with Gasteiger partial charge in [0.15, 0.2) is 0 Å². The molecule has 0 saturated carbocycles. The Labute approximate surface area is 880 Å². The third-order valence-corrected chi connectivity index (χ3v) is 26.3. The zero-order chi connectivity index (χ0) is 105. The molecule has 774 valence electrons. The second kappa shape index (κ2) is 60.8. The summed E-state index contributed by atoms with van der Waals surface area (Å²) in [7, 11) is 3.46. The van der Waals surface area contributed by atoms with Crippen molar-refractivity contribution >= 4 is 0 Å². The monoisotopic (exact) mass is 2000 g/mol. The van der Waals surface area contributed by atoms with Crippen LogP contribution in [0.5, 0.6) is 28.7 Å². The van der Waals surface area contributed by atoms with Crippen molar-refractivity contribution in [2.45, 2.75) is 219 Å². The average molecular weight is 2000 g/mol. The van der Waals surface area contributed by atoms with E-state index in [4.69, 9.17) is 23.7 Å². The molecule has 149 heavy (non-hydrogen) atoms. The van der Waals surface area contributed by atoms with E-state index in [1.54, 1.807) is 77.1 Å². The summed E-state index contributed by atoms with van der Waals surface area (Å²) < 4.78 is 41.9. The van der Waals surface area contributed by atoms with E-state index in [2.05, 4.69) is 319 Å². The van der Waals surface area contributed by atoms with Crippen molar-refractivity contribution in [1.82, 2.24) is 79.7 Å². The van der Waals surface area contributed by atoms with E-state index in [9.17, 15) is 4.39 Å². The quantitative estimate of drug-likeness (QED) is 0.0179. The normalized spacial score (nSPS) is 10.6. The van der Waals surface area contributed by atoms with Crippen LogP contribution >= 0.6 is 0 Å². The lowest BCUT2D eigenvalue weighted by Crippen LogP contribution is -2.05. The Kier molecular flexibility index (Phi) is 45.6. The van der Waals surface area contributed by atoms with Crippen molar-refractivity contribution < 1.29 is 28.1 Å². The molecule has 8 heterocycles. The third-order valence-electron chi connectivity index (χ3n) is 26.3. The summed E-state index contributed by atoms with van der Waals surface area (Å²) >= 11 is 0. The predicted octanol–water partition coefficient (Wildman–Crippen LogP) is 28.1. The zero-order valence-corrected chi connectivity index (χ0v) is 89.6. The number of ether oxygens (including phenoxy) is 5. The molecule has 0 bridgehead atoms. The number of hydrogen-bond donors (Lipinski definition) is 8. The van der Waals surface area contributed by atoms with Crippen molar-refractivity contribution in [3.05, 3.63) is 481 Å². The molecule has 22 heteroatoms. The van der Waals surface area contributed by atoms with Crippen molar-refractivity contribution in [2.75, 3.05) is 27.4 Å². The molecule has 0 saturated heterocycles. The number of methoxy groups -OCH3 is 2. The van der Waals surface area contributed by atoms with Gasteiger partial charge in [-0.15, -0.1) is 0 Å². The van der Waals surface area contributed by atoms with Gasteiger partial charge in [0.1, 0.15) is 41.2 Å². The number of nitrogens with one attached hydrogen (secondary N) is 8. The summed E-state index contributed by atoms with van der Waals surface area (Å²) in [4.78, 5) is 58.3. The number of halogens is 1. The van der Waals surface area contributed by atoms with E-state index in [1.165, 1.54) is 128 Å². The van der Waals surface area contributed by atoms with Gasteiger partial charge in [-0.1, -0.05) is 240 Å². The van der Waals surface area contributed by atoms with Crippen LogP contribution in [-0.4, -0.2) is 107 Å². The van der Waals surface area contributed by atoms with Crippen LogP contribution in [0.3, 0.4) is 0 Å². The van der Waals surface area contributed by atoms with Gasteiger partial charge in [-0.2, -0.15) is 0 Å². The van der Waals surface area contributed by atoms with E-state index in [0.717, 1.165) is 201 Å². The topological polar surface area (TPSA) is 276 Å². The fourth-order valence-electron chi connectivity index (χ4n) is 18.7. The first-order valence-electron chi connectivity index (χ1n) is 52.7. The number of aromatic amines is 8. The number of nitrogens with zero attached hydrogens (tertiary/aromatic N) is 8. The number of imidazole rings is 8. The molecule has 0 aliphatic heterocycles. The van der Waals surface area contributed by atoms with Gasteiger partial charge in [0.05, 0.1) is 124 Å². The molecule has 0 unspecified atom stereocenters. The highest BCUT2D eigenvalue weighted by atomic mass is 19.1. The average Bonchev–Trinajstić information content (AvgIpc) is 1.40. The zero-order valence-electron chi connectivity index (χ0n) is 89.6. The summed E-state index contributed by atoms with van der Waals surface area (Å²) in [5.41, 5.74) is 39.5. The molecule has 0 spiro atoms. The van der Waals surface area contributed by atoms with Crippen LogP contribution in [0, 0.1) is 5.82 Å². The van der Waals surface area contributed by atoms with Gasteiger partial charge >= 0.3 is 0 Å². The maximum Gasteiger partial charge on any atom is 0.127 e. The smallest absolute Gasteiger partial charge is 0.127 e. The molecule has 0 amide bonds. The lowest BCUT2D eigenvalue weighted by Gasteiger charge is -2.17. The Morgan fingerprint density at radius 1 is 0.221 bits per heavy atom. The molecule has 19 aromatic rings. The fraction of sp³-hybridized carbons (Fsp3) is 0.291. The van der Waals surface area contributed by atoms with Crippen LogP contribution in [0.25, 0.3) is 22.3 Å². The Bertz CT molecular complexity index is 6900. The van der Waals surface area contributed by atoms with E-state index in [-0.39, 0.29) is 5.82 Å². The minimum Gasteiger partial charge on any atom is -0.497 e. The second-order valence-corrected chi connectivity index (χ2v) is 35.8. The number of aromatic nitrogens is 16. The van der Waals surface area contributed by atoms with Gasteiger partial charge in [0.25, 0.3) is 0 Å². The first-order valence-corrected chi connectivity index (χ1v) is 52.7. The highest BCUT2D eigenvalue weighted by Crippen LogP contribution is 2.35. The Hall–Kier alpha value is -16.0. The molecule has 0 atom stereocenters. The molecule has 0 aliphatic carbocycles. The predicted molar refractivity (Wildman–Crippen MR) is 603 cm³/mol. The summed E-state index contributed by atoms with van der Waals surface area (Å²) in [5.74, 6) is 4.76. The van der Waals surface area contributed by atoms with Gasteiger partial charge in [-0.25, -0.2) is 44.3 Å². The van der Waals surface area contributed by atoms with Crippen molar-refractivity contribution in [3.8, 4) is 51.0 Å².